The standard InChI is InChI=1S/C12H24N2O/c1-13-11-6-2-3-7-12(11)14-8-4-5-10(14)9-15/h10-13,15H,2-9H2,1H3. The van der Waals surface area contributed by atoms with Crippen LogP contribution in [0.4, 0.5) is 0 Å². The molecule has 0 radical (unpaired) electrons. The van der Waals surface area contributed by atoms with E-state index in [4.69, 9.17) is 0 Å². The molecule has 1 aliphatic carbocycles. The summed E-state index contributed by atoms with van der Waals surface area (Å²) in [5.74, 6) is 0. The summed E-state index contributed by atoms with van der Waals surface area (Å²) in [6.45, 7) is 1.53. The molecule has 2 N–H and O–H groups in total. The van der Waals surface area contributed by atoms with Gasteiger partial charge in [0.05, 0.1) is 6.61 Å². The first kappa shape index (κ1) is 11.4. The lowest BCUT2D eigenvalue weighted by Crippen LogP contribution is -2.53. The molecule has 0 aromatic rings. The Morgan fingerprint density at radius 1 is 1.20 bits per heavy atom. The van der Waals surface area contributed by atoms with Crippen molar-refractivity contribution in [3.8, 4) is 0 Å². The summed E-state index contributed by atoms with van der Waals surface area (Å²) < 4.78 is 0. The van der Waals surface area contributed by atoms with E-state index in [2.05, 4.69) is 17.3 Å². The first-order valence-electron chi connectivity index (χ1n) is 6.40. The Hall–Kier alpha value is -0.120. The third-order valence-electron chi connectivity index (χ3n) is 4.16. The van der Waals surface area contributed by atoms with Gasteiger partial charge in [-0.05, 0) is 39.3 Å². The van der Waals surface area contributed by atoms with E-state index in [-0.39, 0.29) is 0 Å². The largest absolute Gasteiger partial charge is 0.395 e. The quantitative estimate of drug-likeness (QED) is 0.732. The van der Waals surface area contributed by atoms with Crippen molar-refractivity contribution in [2.24, 2.45) is 0 Å². The zero-order valence-electron chi connectivity index (χ0n) is 9.78. The average Bonchev–Trinajstić information content (AvgIpc) is 2.76. The van der Waals surface area contributed by atoms with Crippen LogP contribution in [0.5, 0.6) is 0 Å². The van der Waals surface area contributed by atoms with Crippen LogP contribution in [-0.2, 0) is 0 Å². The smallest absolute Gasteiger partial charge is 0.0587 e. The minimum atomic E-state index is 0.340. The Morgan fingerprint density at radius 3 is 2.73 bits per heavy atom. The Morgan fingerprint density at radius 2 is 2.00 bits per heavy atom. The number of nitrogens with one attached hydrogen (secondary N) is 1. The molecule has 0 aromatic carbocycles. The molecule has 2 rings (SSSR count). The van der Waals surface area contributed by atoms with E-state index in [0.717, 1.165) is 0 Å². The van der Waals surface area contributed by atoms with Gasteiger partial charge in [0.25, 0.3) is 0 Å². The van der Waals surface area contributed by atoms with E-state index in [1.165, 1.54) is 45.1 Å². The fourth-order valence-corrected chi connectivity index (χ4v) is 3.34. The summed E-state index contributed by atoms with van der Waals surface area (Å²) in [5, 5.41) is 12.8. The van der Waals surface area contributed by atoms with Gasteiger partial charge in [-0.1, -0.05) is 12.8 Å². The molecule has 2 fully saturated rings. The number of nitrogens with zero attached hydrogens (tertiary/aromatic N) is 1. The normalized spacial score (nSPS) is 38.4. The second kappa shape index (κ2) is 5.28. The maximum absolute atomic E-state index is 9.36. The number of likely N-dealkylation sites (tertiary alicyclic amines) is 1. The van der Waals surface area contributed by atoms with Crippen molar-refractivity contribution in [3.63, 3.8) is 0 Å². The number of aliphatic hydroxyl groups excluding tert-OH is 1. The Bertz CT molecular complexity index is 198. The van der Waals surface area contributed by atoms with Crippen molar-refractivity contribution < 1.29 is 5.11 Å². The van der Waals surface area contributed by atoms with Crippen LogP contribution >= 0.6 is 0 Å². The molecular weight excluding hydrogens is 188 g/mol. The van der Waals surface area contributed by atoms with Crippen molar-refractivity contribution in [3.05, 3.63) is 0 Å². The van der Waals surface area contributed by atoms with Gasteiger partial charge in [-0.2, -0.15) is 0 Å². The molecule has 0 bridgehead atoms. The molecule has 2 aliphatic rings. The van der Waals surface area contributed by atoms with Crippen LogP contribution in [0.1, 0.15) is 38.5 Å². The fourth-order valence-electron chi connectivity index (χ4n) is 3.34. The van der Waals surface area contributed by atoms with Crippen LogP contribution in [-0.4, -0.2) is 48.3 Å². The summed E-state index contributed by atoms with van der Waals surface area (Å²) in [6, 6.07) is 1.75. The Kier molecular flexibility index (Phi) is 4.00. The summed E-state index contributed by atoms with van der Waals surface area (Å²) >= 11 is 0. The maximum atomic E-state index is 9.36. The van der Waals surface area contributed by atoms with Crippen molar-refractivity contribution in [2.45, 2.75) is 56.7 Å². The monoisotopic (exact) mass is 212 g/mol. The lowest BCUT2D eigenvalue weighted by Gasteiger charge is -2.40. The van der Waals surface area contributed by atoms with E-state index >= 15 is 0 Å². The zero-order chi connectivity index (χ0) is 10.7. The van der Waals surface area contributed by atoms with Gasteiger partial charge in [0.2, 0.25) is 0 Å². The van der Waals surface area contributed by atoms with E-state index in [1.54, 1.807) is 0 Å². The Labute approximate surface area is 92.8 Å². The van der Waals surface area contributed by atoms with Crippen molar-refractivity contribution in [1.82, 2.24) is 10.2 Å². The van der Waals surface area contributed by atoms with Crippen molar-refractivity contribution >= 4 is 0 Å². The van der Waals surface area contributed by atoms with Crippen LogP contribution < -0.4 is 5.32 Å². The molecule has 0 spiro atoms. The van der Waals surface area contributed by atoms with Crippen molar-refractivity contribution in [2.75, 3.05) is 20.2 Å². The highest BCUT2D eigenvalue weighted by atomic mass is 16.3. The van der Waals surface area contributed by atoms with Gasteiger partial charge in [-0.3, -0.25) is 4.90 Å². The molecule has 0 amide bonds. The van der Waals surface area contributed by atoms with E-state index in [1.807, 2.05) is 0 Å². The van der Waals surface area contributed by atoms with Gasteiger partial charge in [0.1, 0.15) is 0 Å². The van der Waals surface area contributed by atoms with Gasteiger partial charge in [0, 0.05) is 18.1 Å². The molecule has 1 saturated carbocycles. The molecule has 88 valence electrons. The number of aliphatic hydroxyl groups is 1. The third-order valence-corrected chi connectivity index (χ3v) is 4.16. The summed E-state index contributed by atoms with van der Waals surface area (Å²) in [7, 11) is 2.08. The molecule has 1 heterocycles. The summed E-state index contributed by atoms with van der Waals surface area (Å²) in [4.78, 5) is 2.56. The fraction of sp³-hybridized carbons (Fsp3) is 1.00. The molecular formula is C12H24N2O. The number of hydrogen-bond acceptors (Lipinski definition) is 3. The average molecular weight is 212 g/mol. The van der Waals surface area contributed by atoms with Crippen LogP contribution in [0.25, 0.3) is 0 Å². The van der Waals surface area contributed by atoms with Gasteiger partial charge in [0.15, 0.2) is 0 Å². The molecule has 1 aliphatic heterocycles. The molecule has 3 nitrogen and oxygen atoms in total. The van der Waals surface area contributed by atoms with Crippen LogP contribution in [0.3, 0.4) is 0 Å². The molecule has 3 heteroatoms. The SMILES string of the molecule is CNC1CCCCC1N1CCCC1CO. The lowest BCUT2D eigenvalue weighted by molar-refractivity contribution is 0.0792. The molecule has 1 saturated heterocycles. The van der Waals surface area contributed by atoms with Gasteiger partial charge in [-0.15, -0.1) is 0 Å². The zero-order valence-corrected chi connectivity index (χ0v) is 9.78. The van der Waals surface area contributed by atoms with E-state index < -0.39 is 0 Å². The first-order chi connectivity index (χ1) is 7.36. The highest BCUT2D eigenvalue weighted by Gasteiger charge is 2.35. The second-order valence-corrected chi connectivity index (χ2v) is 4.96. The van der Waals surface area contributed by atoms with Gasteiger partial charge in [-0.25, -0.2) is 0 Å². The maximum Gasteiger partial charge on any atom is 0.0587 e. The number of rotatable bonds is 3. The van der Waals surface area contributed by atoms with Crippen LogP contribution in [0, 0.1) is 0 Å². The Balaban J connectivity index is 1.99. The highest BCUT2D eigenvalue weighted by molar-refractivity contribution is 4.92. The predicted molar refractivity (Wildman–Crippen MR) is 61.9 cm³/mol. The third kappa shape index (κ3) is 2.35. The first-order valence-corrected chi connectivity index (χ1v) is 6.40. The molecule has 0 aromatic heterocycles. The topological polar surface area (TPSA) is 35.5 Å². The minimum Gasteiger partial charge on any atom is -0.395 e. The number of hydrogen-bond donors (Lipinski definition) is 2. The lowest BCUT2D eigenvalue weighted by atomic mass is 9.89. The predicted octanol–water partition coefficient (Wildman–Crippen LogP) is 0.974. The second-order valence-electron chi connectivity index (χ2n) is 4.96. The molecule has 3 atom stereocenters. The summed E-state index contributed by atoms with van der Waals surface area (Å²) in [6.07, 6.45) is 7.77. The van der Waals surface area contributed by atoms with Crippen molar-refractivity contribution in [1.29, 1.82) is 0 Å². The number of likely N-dealkylation sites (N-methyl/N-ethyl adjacent to an activating group) is 1. The summed E-state index contributed by atoms with van der Waals surface area (Å²) in [5.41, 5.74) is 0. The van der Waals surface area contributed by atoms with E-state index in [9.17, 15) is 5.11 Å². The van der Waals surface area contributed by atoms with Gasteiger partial charge >= 0.3 is 0 Å². The van der Waals surface area contributed by atoms with E-state index in [0.29, 0.717) is 24.7 Å². The van der Waals surface area contributed by atoms with Crippen LogP contribution in [0.15, 0.2) is 0 Å². The highest BCUT2D eigenvalue weighted by Crippen LogP contribution is 2.29. The molecule has 3 unspecified atom stereocenters. The molecule has 15 heavy (non-hydrogen) atoms. The van der Waals surface area contributed by atoms with Gasteiger partial charge < -0.3 is 10.4 Å². The van der Waals surface area contributed by atoms with Crippen LogP contribution in [0.2, 0.25) is 0 Å². The minimum absolute atomic E-state index is 0.340.